The van der Waals surface area contributed by atoms with Crippen molar-refractivity contribution >= 4 is 5.91 Å². The molecule has 0 aromatic carbocycles. The second kappa shape index (κ2) is 6.43. The molecule has 0 atom stereocenters. The zero-order valence-electron chi connectivity index (χ0n) is 14.2. The third-order valence-corrected chi connectivity index (χ3v) is 5.06. The maximum absolute atomic E-state index is 12.6. The molecular weight excluding hydrogens is 304 g/mol. The number of hydrogen-bond acceptors (Lipinski definition) is 4. The van der Waals surface area contributed by atoms with E-state index in [9.17, 15) is 4.79 Å². The molecule has 0 aliphatic carbocycles. The molecule has 2 aromatic rings. The van der Waals surface area contributed by atoms with Gasteiger partial charge in [-0.1, -0.05) is 6.42 Å². The lowest BCUT2D eigenvalue weighted by Gasteiger charge is -2.27. The predicted molar refractivity (Wildman–Crippen MR) is 89.5 cm³/mol. The molecule has 0 spiro atoms. The fourth-order valence-electron chi connectivity index (χ4n) is 3.68. The van der Waals surface area contributed by atoms with Gasteiger partial charge in [0.05, 0.1) is 24.1 Å². The Hall–Kier alpha value is -2.08. The average Bonchev–Trinajstić information content (AvgIpc) is 3.19. The molecule has 2 aromatic heterocycles. The number of hydrogen-bond donors (Lipinski definition) is 0. The van der Waals surface area contributed by atoms with E-state index >= 15 is 0 Å². The van der Waals surface area contributed by atoms with Crippen LogP contribution in [0.4, 0.5) is 0 Å². The minimum Gasteiger partial charge on any atom is -0.469 e. The van der Waals surface area contributed by atoms with Crippen molar-refractivity contribution in [3.8, 4) is 0 Å². The highest BCUT2D eigenvalue weighted by atomic mass is 16.3. The Kier molecular flexibility index (Phi) is 4.14. The van der Waals surface area contributed by atoms with Gasteiger partial charge >= 0.3 is 0 Å². The van der Waals surface area contributed by atoms with Crippen LogP contribution in [0.2, 0.25) is 0 Å². The van der Waals surface area contributed by atoms with E-state index < -0.39 is 0 Å². The van der Waals surface area contributed by atoms with Crippen LogP contribution in [0.5, 0.6) is 0 Å². The molecule has 4 rings (SSSR count). The Morgan fingerprint density at radius 1 is 1.21 bits per heavy atom. The third-order valence-electron chi connectivity index (χ3n) is 5.06. The number of nitrogens with zero attached hydrogens (tertiary/aromatic N) is 4. The van der Waals surface area contributed by atoms with Gasteiger partial charge in [-0.3, -0.25) is 9.69 Å². The van der Waals surface area contributed by atoms with Crippen LogP contribution in [0, 0.1) is 6.92 Å². The Morgan fingerprint density at radius 3 is 2.79 bits per heavy atom. The van der Waals surface area contributed by atoms with Crippen molar-refractivity contribution in [3.05, 3.63) is 41.4 Å². The zero-order chi connectivity index (χ0) is 16.5. The molecule has 0 saturated carbocycles. The highest BCUT2D eigenvalue weighted by Gasteiger charge is 2.25. The highest BCUT2D eigenvalue weighted by Crippen LogP contribution is 2.19. The van der Waals surface area contributed by atoms with E-state index in [0.717, 1.165) is 31.2 Å². The first-order valence-corrected chi connectivity index (χ1v) is 8.81. The molecule has 24 heavy (non-hydrogen) atoms. The van der Waals surface area contributed by atoms with Gasteiger partial charge in [-0.05, 0) is 38.9 Å². The van der Waals surface area contributed by atoms with Gasteiger partial charge in [0.15, 0.2) is 0 Å². The van der Waals surface area contributed by atoms with E-state index in [0.29, 0.717) is 17.9 Å². The number of carbonyl (C=O) groups is 1. The third kappa shape index (κ3) is 2.98. The van der Waals surface area contributed by atoms with Gasteiger partial charge in [0.25, 0.3) is 5.91 Å². The lowest BCUT2D eigenvalue weighted by Crippen LogP contribution is -2.38. The van der Waals surface area contributed by atoms with Crippen LogP contribution >= 0.6 is 0 Å². The summed E-state index contributed by atoms with van der Waals surface area (Å²) >= 11 is 0. The fraction of sp³-hybridized carbons (Fsp3) is 0.556. The molecule has 1 amide bonds. The summed E-state index contributed by atoms with van der Waals surface area (Å²) in [6, 6.07) is 1.75. The molecule has 4 heterocycles. The van der Waals surface area contributed by atoms with E-state index in [1.807, 2.05) is 11.8 Å². The van der Waals surface area contributed by atoms with Crippen molar-refractivity contribution in [1.82, 2.24) is 19.4 Å². The number of imidazole rings is 1. The van der Waals surface area contributed by atoms with E-state index in [1.54, 1.807) is 12.3 Å². The number of rotatable bonds is 3. The number of carbonyl (C=O) groups excluding carboxylic acids is 1. The Balaban J connectivity index is 1.45. The van der Waals surface area contributed by atoms with Crippen molar-refractivity contribution in [2.75, 3.05) is 19.6 Å². The van der Waals surface area contributed by atoms with Crippen molar-refractivity contribution in [1.29, 1.82) is 0 Å². The largest absolute Gasteiger partial charge is 0.469 e. The molecule has 1 fully saturated rings. The second-order valence-electron chi connectivity index (χ2n) is 6.80. The molecule has 0 radical (unpaired) electrons. The SMILES string of the molecule is Cc1occc1C(=O)N1CCn2cc(CN3CCCCC3)nc2C1. The first kappa shape index (κ1) is 15.4. The van der Waals surface area contributed by atoms with Gasteiger partial charge in [-0.25, -0.2) is 4.98 Å². The van der Waals surface area contributed by atoms with E-state index in [2.05, 4.69) is 15.7 Å². The van der Waals surface area contributed by atoms with Crippen LogP contribution in [-0.2, 0) is 19.6 Å². The van der Waals surface area contributed by atoms with Crippen molar-refractivity contribution < 1.29 is 9.21 Å². The molecular formula is C18H24N4O2. The van der Waals surface area contributed by atoms with Crippen LogP contribution in [0.15, 0.2) is 22.9 Å². The smallest absolute Gasteiger partial charge is 0.257 e. The topological polar surface area (TPSA) is 54.5 Å². The van der Waals surface area contributed by atoms with Crippen LogP contribution < -0.4 is 0 Å². The van der Waals surface area contributed by atoms with Gasteiger partial charge < -0.3 is 13.9 Å². The van der Waals surface area contributed by atoms with E-state index in [-0.39, 0.29) is 5.91 Å². The maximum Gasteiger partial charge on any atom is 0.257 e. The van der Waals surface area contributed by atoms with Gasteiger partial charge in [0.2, 0.25) is 0 Å². The minimum atomic E-state index is 0.0353. The lowest BCUT2D eigenvalue weighted by molar-refractivity contribution is 0.0705. The van der Waals surface area contributed by atoms with Gasteiger partial charge in [-0.15, -0.1) is 0 Å². The Labute approximate surface area is 142 Å². The number of aromatic nitrogens is 2. The lowest BCUT2D eigenvalue weighted by atomic mass is 10.1. The number of likely N-dealkylation sites (tertiary alicyclic amines) is 1. The fourth-order valence-corrected chi connectivity index (χ4v) is 3.68. The van der Waals surface area contributed by atoms with Crippen LogP contribution in [0.25, 0.3) is 0 Å². The van der Waals surface area contributed by atoms with E-state index in [4.69, 9.17) is 9.40 Å². The molecule has 6 heteroatoms. The standard InChI is InChI=1S/C18H24N4O2/c1-14-16(5-10-24-14)18(23)22-9-8-21-12-15(19-17(21)13-22)11-20-6-3-2-4-7-20/h5,10,12H,2-4,6-9,11,13H2,1H3. The minimum absolute atomic E-state index is 0.0353. The Morgan fingerprint density at radius 2 is 2.04 bits per heavy atom. The number of fused-ring (bicyclic) bond motifs is 1. The first-order chi connectivity index (χ1) is 11.7. The highest BCUT2D eigenvalue weighted by molar-refractivity contribution is 5.95. The first-order valence-electron chi connectivity index (χ1n) is 8.81. The molecule has 1 saturated heterocycles. The van der Waals surface area contributed by atoms with Crippen molar-refractivity contribution in [2.45, 2.75) is 45.8 Å². The molecule has 0 N–H and O–H groups in total. The zero-order valence-corrected chi connectivity index (χ0v) is 14.2. The van der Waals surface area contributed by atoms with Gasteiger partial charge in [-0.2, -0.15) is 0 Å². The number of aryl methyl sites for hydroxylation is 1. The second-order valence-corrected chi connectivity index (χ2v) is 6.80. The van der Waals surface area contributed by atoms with Crippen molar-refractivity contribution in [2.24, 2.45) is 0 Å². The van der Waals surface area contributed by atoms with Crippen LogP contribution in [0.3, 0.4) is 0 Å². The van der Waals surface area contributed by atoms with Crippen LogP contribution in [-0.4, -0.2) is 44.9 Å². The number of furan rings is 1. The van der Waals surface area contributed by atoms with E-state index in [1.165, 1.54) is 32.4 Å². The molecule has 128 valence electrons. The molecule has 0 bridgehead atoms. The maximum atomic E-state index is 12.6. The summed E-state index contributed by atoms with van der Waals surface area (Å²) in [5.74, 6) is 1.70. The quantitative estimate of drug-likeness (QED) is 0.868. The summed E-state index contributed by atoms with van der Waals surface area (Å²) in [6.07, 6.45) is 7.67. The normalized spacial score (nSPS) is 18.6. The summed E-state index contributed by atoms with van der Waals surface area (Å²) < 4.78 is 7.46. The number of amides is 1. The van der Waals surface area contributed by atoms with Gasteiger partial charge in [0, 0.05) is 25.8 Å². The summed E-state index contributed by atoms with van der Waals surface area (Å²) in [4.78, 5) is 21.8. The molecule has 6 nitrogen and oxygen atoms in total. The van der Waals surface area contributed by atoms with Gasteiger partial charge in [0.1, 0.15) is 11.6 Å². The monoisotopic (exact) mass is 328 g/mol. The summed E-state index contributed by atoms with van der Waals surface area (Å²) in [7, 11) is 0. The van der Waals surface area contributed by atoms with Crippen molar-refractivity contribution in [3.63, 3.8) is 0 Å². The van der Waals surface area contributed by atoms with Crippen LogP contribution in [0.1, 0.15) is 46.9 Å². The summed E-state index contributed by atoms with van der Waals surface area (Å²) in [6.45, 7) is 7.20. The predicted octanol–water partition coefficient (Wildman–Crippen LogP) is 2.43. The number of piperidine rings is 1. The summed E-state index contributed by atoms with van der Waals surface area (Å²) in [5, 5.41) is 0. The average molecular weight is 328 g/mol. The Bertz CT molecular complexity index is 727. The molecule has 2 aliphatic rings. The molecule has 2 aliphatic heterocycles. The molecule has 0 unspecified atom stereocenters. The summed E-state index contributed by atoms with van der Waals surface area (Å²) in [5.41, 5.74) is 1.78.